The van der Waals surface area contributed by atoms with Gasteiger partial charge in [-0.2, -0.15) is 0 Å². The molecule has 1 atom stereocenters. The van der Waals surface area contributed by atoms with Gasteiger partial charge in [0.1, 0.15) is 0 Å². The van der Waals surface area contributed by atoms with Gasteiger partial charge in [-0.3, -0.25) is 0 Å². The van der Waals surface area contributed by atoms with Gasteiger partial charge in [-0.15, -0.1) is 0 Å². The van der Waals surface area contributed by atoms with Gasteiger partial charge in [0.05, 0.1) is 11.3 Å². The molecule has 2 heteroatoms. The molecule has 0 heterocycles. The minimum absolute atomic E-state index is 0.377. The average Bonchev–Trinajstić information content (AvgIpc) is 2.18. The molecule has 0 aliphatic heterocycles. The smallest absolute Gasteiger partial charge is 0.0844 e. The first kappa shape index (κ1) is 12.9. The van der Waals surface area contributed by atoms with Gasteiger partial charge in [0.15, 0.2) is 0 Å². The SMILES string of the molecule is C=C1C=C(C(C)CC)C(C(C)(C)O)=CC1=N. The molecule has 1 rings (SSSR count). The number of nitrogens with one attached hydrogen (secondary N) is 1. The second-order valence-corrected chi connectivity index (χ2v) is 4.96. The van der Waals surface area contributed by atoms with Gasteiger partial charge in [0.25, 0.3) is 0 Å². The Bertz CT molecular complexity index is 380. The molecule has 0 fully saturated rings. The largest absolute Gasteiger partial charge is 0.386 e. The second-order valence-electron chi connectivity index (χ2n) is 4.96. The standard InChI is InChI=1S/C14H21NO/c1-6-9(2)11-7-10(3)13(15)8-12(11)14(4,5)16/h7-9,15-16H,3,6H2,1-2,4-5H3. The van der Waals surface area contributed by atoms with Crippen molar-refractivity contribution in [1.82, 2.24) is 0 Å². The second kappa shape index (κ2) is 4.38. The predicted molar refractivity (Wildman–Crippen MR) is 68.8 cm³/mol. The van der Waals surface area contributed by atoms with E-state index in [4.69, 9.17) is 5.41 Å². The van der Waals surface area contributed by atoms with E-state index in [9.17, 15) is 5.11 Å². The normalized spacial score (nSPS) is 19.3. The molecular formula is C14H21NO. The molecular weight excluding hydrogens is 198 g/mol. The lowest BCUT2D eigenvalue weighted by molar-refractivity contribution is 0.121. The zero-order valence-electron chi connectivity index (χ0n) is 10.6. The maximum atomic E-state index is 10.1. The van der Waals surface area contributed by atoms with Crippen LogP contribution in [0, 0.1) is 11.3 Å². The van der Waals surface area contributed by atoms with Crippen LogP contribution in [0.1, 0.15) is 34.1 Å². The Labute approximate surface area is 97.9 Å². The summed E-state index contributed by atoms with van der Waals surface area (Å²) in [5.74, 6) is 0.377. The quantitative estimate of drug-likeness (QED) is 0.752. The first-order valence-electron chi connectivity index (χ1n) is 5.71. The van der Waals surface area contributed by atoms with Crippen molar-refractivity contribution < 1.29 is 5.11 Å². The van der Waals surface area contributed by atoms with Crippen LogP contribution in [0.3, 0.4) is 0 Å². The van der Waals surface area contributed by atoms with E-state index >= 15 is 0 Å². The van der Waals surface area contributed by atoms with E-state index in [1.807, 2.05) is 6.08 Å². The van der Waals surface area contributed by atoms with Crippen molar-refractivity contribution in [2.45, 2.75) is 39.7 Å². The fourth-order valence-electron chi connectivity index (χ4n) is 1.82. The molecule has 0 saturated heterocycles. The lowest BCUT2D eigenvalue weighted by Crippen LogP contribution is -2.28. The Morgan fingerprint density at radius 2 is 2.00 bits per heavy atom. The highest BCUT2D eigenvalue weighted by Crippen LogP contribution is 2.34. The molecule has 1 aliphatic rings. The summed E-state index contributed by atoms with van der Waals surface area (Å²) in [5, 5.41) is 17.9. The molecule has 1 aliphatic carbocycles. The minimum Gasteiger partial charge on any atom is -0.386 e. The summed E-state index contributed by atoms with van der Waals surface area (Å²) in [6.45, 7) is 11.6. The molecule has 0 aromatic carbocycles. The summed E-state index contributed by atoms with van der Waals surface area (Å²) in [4.78, 5) is 0. The van der Waals surface area contributed by atoms with Crippen LogP contribution >= 0.6 is 0 Å². The molecule has 0 amide bonds. The van der Waals surface area contributed by atoms with E-state index < -0.39 is 5.60 Å². The molecule has 0 bridgehead atoms. The van der Waals surface area contributed by atoms with E-state index in [2.05, 4.69) is 20.4 Å². The van der Waals surface area contributed by atoms with Gasteiger partial charge in [0.2, 0.25) is 0 Å². The highest BCUT2D eigenvalue weighted by atomic mass is 16.3. The number of aliphatic hydroxyl groups is 1. The van der Waals surface area contributed by atoms with Gasteiger partial charge < -0.3 is 10.5 Å². The van der Waals surface area contributed by atoms with Crippen molar-refractivity contribution in [3.63, 3.8) is 0 Å². The number of hydrogen-bond acceptors (Lipinski definition) is 2. The summed E-state index contributed by atoms with van der Waals surface area (Å²) in [6, 6.07) is 0. The topological polar surface area (TPSA) is 44.1 Å². The highest BCUT2D eigenvalue weighted by Gasteiger charge is 2.28. The molecule has 88 valence electrons. The first-order valence-corrected chi connectivity index (χ1v) is 5.71. The molecule has 0 spiro atoms. The van der Waals surface area contributed by atoms with Crippen LogP contribution in [0.4, 0.5) is 0 Å². The zero-order valence-corrected chi connectivity index (χ0v) is 10.6. The van der Waals surface area contributed by atoms with Crippen molar-refractivity contribution in [1.29, 1.82) is 5.41 Å². The summed E-state index contributed by atoms with van der Waals surface area (Å²) in [6.07, 6.45) is 4.69. The Kier molecular flexibility index (Phi) is 3.54. The minimum atomic E-state index is -0.901. The summed E-state index contributed by atoms with van der Waals surface area (Å²) < 4.78 is 0. The lowest BCUT2D eigenvalue weighted by atomic mass is 9.78. The average molecular weight is 219 g/mol. The number of allylic oxidation sites excluding steroid dienone is 3. The summed E-state index contributed by atoms with van der Waals surface area (Å²) in [7, 11) is 0. The molecule has 1 unspecified atom stereocenters. The third kappa shape index (κ3) is 2.50. The van der Waals surface area contributed by atoms with Crippen molar-refractivity contribution >= 4 is 5.71 Å². The van der Waals surface area contributed by atoms with Crippen LogP contribution in [-0.4, -0.2) is 16.4 Å². The van der Waals surface area contributed by atoms with Crippen molar-refractivity contribution in [2.24, 2.45) is 5.92 Å². The van der Waals surface area contributed by atoms with Gasteiger partial charge in [0, 0.05) is 0 Å². The maximum absolute atomic E-state index is 10.1. The van der Waals surface area contributed by atoms with Gasteiger partial charge >= 0.3 is 0 Å². The van der Waals surface area contributed by atoms with Gasteiger partial charge in [-0.1, -0.05) is 20.4 Å². The van der Waals surface area contributed by atoms with Crippen LogP contribution in [0.25, 0.3) is 0 Å². The van der Waals surface area contributed by atoms with E-state index in [-0.39, 0.29) is 0 Å². The van der Waals surface area contributed by atoms with Gasteiger partial charge in [-0.05, 0) is 55.1 Å². The van der Waals surface area contributed by atoms with Crippen molar-refractivity contribution in [3.8, 4) is 0 Å². The number of hydrogen-bond donors (Lipinski definition) is 2. The molecule has 0 radical (unpaired) electrons. The Morgan fingerprint density at radius 3 is 2.44 bits per heavy atom. The molecule has 16 heavy (non-hydrogen) atoms. The molecule has 2 N–H and O–H groups in total. The molecule has 2 nitrogen and oxygen atoms in total. The van der Waals surface area contributed by atoms with E-state index in [0.717, 1.165) is 23.1 Å². The molecule has 0 aromatic heterocycles. The maximum Gasteiger partial charge on any atom is 0.0844 e. The molecule has 0 aromatic rings. The third-order valence-corrected chi connectivity index (χ3v) is 3.08. The summed E-state index contributed by atoms with van der Waals surface area (Å²) in [5.41, 5.74) is 2.17. The predicted octanol–water partition coefficient (Wildman–Crippen LogP) is 3.25. The Hall–Kier alpha value is -1.15. The fraction of sp³-hybridized carbons (Fsp3) is 0.500. The van der Waals surface area contributed by atoms with Crippen LogP contribution < -0.4 is 0 Å². The van der Waals surface area contributed by atoms with E-state index in [1.54, 1.807) is 19.9 Å². The van der Waals surface area contributed by atoms with Crippen molar-refractivity contribution in [2.75, 3.05) is 0 Å². The van der Waals surface area contributed by atoms with Crippen molar-refractivity contribution in [3.05, 3.63) is 35.5 Å². The van der Waals surface area contributed by atoms with Crippen LogP contribution in [0.15, 0.2) is 35.5 Å². The van der Waals surface area contributed by atoms with Crippen LogP contribution in [-0.2, 0) is 0 Å². The Balaban J connectivity index is 3.22. The first-order chi connectivity index (χ1) is 7.27. The molecule has 0 saturated carbocycles. The highest BCUT2D eigenvalue weighted by molar-refractivity contribution is 6.10. The third-order valence-electron chi connectivity index (χ3n) is 3.08. The Morgan fingerprint density at radius 1 is 1.44 bits per heavy atom. The monoisotopic (exact) mass is 219 g/mol. The van der Waals surface area contributed by atoms with Crippen LogP contribution in [0.5, 0.6) is 0 Å². The number of rotatable bonds is 3. The van der Waals surface area contributed by atoms with E-state index in [1.165, 1.54) is 0 Å². The fourth-order valence-corrected chi connectivity index (χ4v) is 1.82. The van der Waals surface area contributed by atoms with Gasteiger partial charge in [-0.25, -0.2) is 0 Å². The lowest BCUT2D eigenvalue weighted by Gasteiger charge is -2.30. The summed E-state index contributed by atoms with van der Waals surface area (Å²) >= 11 is 0. The van der Waals surface area contributed by atoms with Crippen LogP contribution in [0.2, 0.25) is 0 Å². The zero-order chi connectivity index (χ0) is 12.5. The van der Waals surface area contributed by atoms with E-state index in [0.29, 0.717) is 11.6 Å².